The zero-order chi connectivity index (χ0) is 21.3. The largest absolute Gasteiger partial charge is 0.550 e. The number of rotatable bonds is 20. The highest BCUT2D eigenvalue weighted by atomic mass is 16.4. The fourth-order valence-electron chi connectivity index (χ4n) is 4.24. The van der Waals surface area contributed by atoms with Gasteiger partial charge < -0.3 is 19.5 Å². The molecule has 28 heavy (non-hydrogen) atoms. The van der Waals surface area contributed by atoms with Gasteiger partial charge >= 0.3 is 0 Å². The first kappa shape index (κ1) is 27.4. The molecular weight excluding hydrogens is 350 g/mol. The van der Waals surface area contributed by atoms with E-state index in [0.29, 0.717) is 6.42 Å². The molecule has 0 spiro atoms. The number of hydrogen-bond donors (Lipinski definition) is 1. The number of carboxylic acids is 1. The number of aliphatic hydroxyl groups is 1. The molecule has 0 aromatic carbocycles. The molecule has 168 valence electrons. The Balaban J connectivity index is 3.66. The van der Waals surface area contributed by atoms with Gasteiger partial charge in [0.25, 0.3) is 0 Å². The monoisotopic (exact) mass is 399 g/mol. The van der Waals surface area contributed by atoms with E-state index >= 15 is 0 Å². The molecule has 1 unspecified atom stereocenters. The Morgan fingerprint density at radius 2 is 1.29 bits per heavy atom. The predicted molar refractivity (Wildman–Crippen MR) is 117 cm³/mol. The summed E-state index contributed by atoms with van der Waals surface area (Å²) in [7, 11) is 4.24. The van der Waals surface area contributed by atoms with Crippen LogP contribution >= 0.6 is 0 Å². The third kappa shape index (κ3) is 18.7. The van der Waals surface area contributed by atoms with Gasteiger partial charge in [-0.25, -0.2) is 0 Å². The molecule has 0 aliphatic heterocycles. The molecule has 0 aliphatic rings. The number of unbranched alkanes of at least 4 members (excludes halogenated alkanes) is 12. The fourth-order valence-corrected chi connectivity index (χ4v) is 4.24. The van der Waals surface area contributed by atoms with Crippen LogP contribution in [0.5, 0.6) is 0 Å². The topological polar surface area (TPSA) is 60.4 Å². The van der Waals surface area contributed by atoms with Crippen molar-refractivity contribution in [2.24, 2.45) is 0 Å². The highest BCUT2D eigenvalue weighted by Gasteiger charge is 2.29. The Morgan fingerprint density at radius 3 is 1.75 bits per heavy atom. The number of hydrogen-bond acceptors (Lipinski definition) is 3. The van der Waals surface area contributed by atoms with Crippen LogP contribution in [0.4, 0.5) is 0 Å². The second kappa shape index (κ2) is 16.2. The molecule has 0 heterocycles. The van der Waals surface area contributed by atoms with Crippen LogP contribution in [0.15, 0.2) is 0 Å². The number of carboxylic acid groups (broad SMARTS) is 1. The van der Waals surface area contributed by atoms with Crippen molar-refractivity contribution in [2.45, 2.75) is 122 Å². The number of carbonyl (C=O) groups excluding carboxylic acids is 1. The first-order valence-corrected chi connectivity index (χ1v) is 11.9. The quantitative estimate of drug-likeness (QED) is 0.236. The molecule has 1 atom stereocenters. The van der Waals surface area contributed by atoms with Gasteiger partial charge in [0.15, 0.2) is 0 Å². The van der Waals surface area contributed by atoms with Crippen molar-refractivity contribution >= 4 is 5.97 Å². The van der Waals surface area contributed by atoms with Crippen molar-refractivity contribution in [1.29, 1.82) is 0 Å². The van der Waals surface area contributed by atoms with E-state index in [1.54, 1.807) is 0 Å². The summed E-state index contributed by atoms with van der Waals surface area (Å²) in [6.07, 6.45) is 18.5. The Kier molecular flexibility index (Phi) is 15.9. The van der Waals surface area contributed by atoms with Gasteiger partial charge in [0.05, 0.1) is 20.6 Å². The van der Waals surface area contributed by atoms with Crippen molar-refractivity contribution in [2.75, 3.05) is 27.2 Å². The van der Waals surface area contributed by atoms with E-state index in [1.807, 2.05) is 6.92 Å². The molecule has 0 aromatic heterocycles. The fraction of sp³-hybridized carbons (Fsp3) is 0.958. The minimum absolute atomic E-state index is 0.134. The normalized spacial score (nSPS) is 14.2. The standard InChI is InChI=1S/C24H49NO3/c1-5-6-7-8-9-10-11-12-13-14-15-17-20-24(2,28)22-25(3,4)21-18-16-19-23(26)27/h28H,5-22H2,1-4H3. The van der Waals surface area contributed by atoms with E-state index in [2.05, 4.69) is 21.0 Å². The summed E-state index contributed by atoms with van der Waals surface area (Å²) in [4.78, 5) is 10.5. The van der Waals surface area contributed by atoms with E-state index in [1.165, 1.54) is 70.6 Å². The zero-order valence-corrected chi connectivity index (χ0v) is 19.4. The van der Waals surface area contributed by atoms with Crippen LogP contribution in [0.25, 0.3) is 0 Å². The second-order valence-electron chi connectivity index (χ2n) is 9.78. The molecule has 0 amide bonds. The van der Waals surface area contributed by atoms with Crippen LogP contribution in [0.1, 0.15) is 117 Å². The maximum absolute atomic E-state index is 10.7. The molecule has 1 N–H and O–H groups in total. The number of carbonyl (C=O) groups is 1. The minimum Gasteiger partial charge on any atom is -0.550 e. The maximum Gasteiger partial charge on any atom is 0.111 e. The summed E-state index contributed by atoms with van der Waals surface area (Å²) in [6, 6.07) is 0. The van der Waals surface area contributed by atoms with Gasteiger partial charge in [-0.3, -0.25) is 0 Å². The lowest BCUT2D eigenvalue weighted by molar-refractivity contribution is -0.896. The van der Waals surface area contributed by atoms with E-state index in [0.717, 1.165) is 36.8 Å². The van der Waals surface area contributed by atoms with E-state index < -0.39 is 11.6 Å². The Labute approximate surface area is 175 Å². The van der Waals surface area contributed by atoms with Gasteiger partial charge in [0.1, 0.15) is 12.1 Å². The maximum atomic E-state index is 10.7. The molecule has 0 aliphatic carbocycles. The molecule has 4 heteroatoms. The summed E-state index contributed by atoms with van der Waals surface area (Å²) >= 11 is 0. The number of aliphatic carboxylic acids is 1. The lowest BCUT2D eigenvalue weighted by atomic mass is 9.96. The Bertz CT molecular complexity index is 380. The zero-order valence-electron chi connectivity index (χ0n) is 19.4. The number of quaternary nitrogens is 1. The van der Waals surface area contributed by atoms with E-state index in [-0.39, 0.29) is 6.42 Å². The summed E-state index contributed by atoms with van der Waals surface area (Å²) in [6.45, 7) is 5.83. The van der Waals surface area contributed by atoms with Crippen LogP contribution in [-0.4, -0.2) is 48.3 Å². The third-order valence-electron chi connectivity index (χ3n) is 5.73. The van der Waals surface area contributed by atoms with Crippen LogP contribution in [0.3, 0.4) is 0 Å². The lowest BCUT2D eigenvalue weighted by Crippen LogP contribution is -2.51. The van der Waals surface area contributed by atoms with Gasteiger partial charge in [0.2, 0.25) is 0 Å². The summed E-state index contributed by atoms with van der Waals surface area (Å²) < 4.78 is 0.734. The van der Waals surface area contributed by atoms with Crippen LogP contribution in [0.2, 0.25) is 0 Å². The lowest BCUT2D eigenvalue weighted by Gasteiger charge is -2.36. The smallest absolute Gasteiger partial charge is 0.111 e. The summed E-state index contributed by atoms with van der Waals surface area (Å²) in [5, 5.41) is 21.2. The number of likely N-dealkylation sites (N-methyl/N-ethyl adjacent to an activating group) is 1. The molecule has 0 saturated carbocycles. The molecule has 0 aromatic rings. The van der Waals surface area contributed by atoms with Crippen molar-refractivity contribution in [1.82, 2.24) is 0 Å². The van der Waals surface area contributed by atoms with Gasteiger partial charge in [0, 0.05) is 5.97 Å². The first-order valence-electron chi connectivity index (χ1n) is 11.9. The van der Waals surface area contributed by atoms with E-state index in [4.69, 9.17) is 0 Å². The third-order valence-corrected chi connectivity index (χ3v) is 5.73. The Hall–Kier alpha value is -0.610. The average Bonchev–Trinajstić information content (AvgIpc) is 2.58. The SMILES string of the molecule is CCCCCCCCCCCCCCC(C)(O)C[N+](C)(C)CCCCC(=O)[O-]. The summed E-state index contributed by atoms with van der Waals surface area (Å²) in [5.74, 6) is -0.968. The molecule has 0 bridgehead atoms. The first-order chi connectivity index (χ1) is 13.2. The molecule has 0 rings (SSSR count). The highest BCUT2D eigenvalue weighted by molar-refractivity contribution is 5.64. The summed E-state index contributed by atoms with van der Waals surface area (Å²) in [5.41, 5.74) is -0.643. The molecule has 0 radical (unpaired) electrons. The van der Waals surface area contributed by atoms with Crippen molar-refractivity contribution in [3.8, 4) is 0 Å². The van der Waals surface area contributed by atoms with Crippen LogP contribution in [0, 0.1) is 0 Å². The van der Waals surface area contributed by atoms with Crippen molar-refractivity contribution < 1.29 is 19.5 Å². The van der Waals surface area contributed by atoms with Crippen LogP contribution in [-0.2, 0) is 4.79 Å². The van der Waals surface area contributed by atoms with Gasteiger partial charge in [-0.15, -0.1) is 0 Å². The molecule has 0 fully saturated rings. The predicted octanol–water partition coefficient (Wildman–Crippen LogP) is 4.83. The second-order valence-corrected chi connectivity index (χ2v) is 9.78. The number of nitrogens with zero attached hydrogens (tertiary/aromatic N) is 1. The van der Waals surface area contributed by atoms with Gasteiger partial charge in [-0.1, -0.05) is 84.0 Å². The van der Waals surface area contributed by atoms with Crippen molar-refractivity contribution in [3.63, 3.8) is 0 Å². The molecule has 4 nitrogen and oxygen atoms in total. The molecule has 0 saturated heterocycles. The molecular formula is C24H49NO3. The van der Waals surface area contributed by atoms with Crippen LogP contribution < -0.4 is 5.11 Å². The average molecular weight is 400 g/mol. The highest BCUT2D eigenvalue weighted by Crippen LogP contribution is 2.20. The van der Waals surface area contributed by atoms with Crippen molar-refractivity contribution in [3.05, 3.63) is 0 Å². The van der Waals surface area contributed by atoms with Gasteiger partial charge in [-0.05, 0) is 32.6 Å². The van der Waals surface area contributed by atoms with Gasteiger partial charge in [-0.2, -0.15) is 0 Å². The Morgan fingerprint density at radius 1 is 0.821 bits per heavy atom. The minimum atomic E-state index is -0.968. The van der Waals surface area contributed by atoms with E-state index in [9.17, 15) is 15.0 Å².